The van der Waals surface area contributed by atoms with Crippen molar-refractivity contribution in [2.75, 3.05) is 20.7 Å². The van der Waals surface area contributed by atoms with Gasteiger partial charge in [0.2, 0.25) is 0 Å². The van der Waals surface area contributed by atoms with Crippen LogP contribution in [0.5, 0.6) is 17.2 Å². The summed E-state index contributed by atoms with van der Waals surface area (Å²) in [6.45, 7) is 3.64. The van der Waals surface area contributed by atoms with Gasteiger partial charge < -0.3 is 19.5 Å². The number of carboxylic acids is 1. The molecule has 28 heavy (non-hydrogen) atoms. The van der Waals surface area contributed by atoms with Crippen LogP contribution in [0.1, 0.15) is 35.7 Å². The van der Waals surface area contributed by atoms with Crippen molar-refractivity contribution in [3.8, 4) is 17.2 Å². The van der Waals surface area contributed by atoms with Crippen molar-refractivity contribution in [1.29, 1.82) is 0 Å². The van der Waals surface area contributed by atoms with E-state index >= 15 is 0 Å². The molecular weight excluding hydrogens is 405 g/mol. The molecule has 2 aromatic carbocycles. The van der Waals surface area contributed by atoms with E-state index in [0.29, 0.717) is 5.75 Å². The molecule has 0 aliphatic heterocycles. The van der Waals surface area contributed by atoms with E-state index in [0.717, 1.165) is 16.2 Å². The molecule has 0 radical (unpaired) electrons. The third-order valence-electron chi connectivity index (χ3n) is 4.01. The number of methoxy groups -OCH3 is 1. The summed E-state index contributed by atoms with van der Waals surface area (Å²) in [7, 11) is 2.99. The molecule has 0 saturated heterocycles. The fourth-order valence-corrected chi connectivity index (χ4v) is 3.19. The molecule has 6 nitrogen and oxygen atoms in total. The van der Waals surface area contributed by atoms with Crippen molar-refractivity contribution in [3.05, 3.63) is 51.5 Å². The summed E-state index contributed by atoms with van der Waals surface area (Å²) in [4.78, 5) is 24.2. The molecule has 0 saturated carbocycles. The monoisotopic (exact) mass is 425 g/mol. The standard InChI is InChI=1S/C20H21Cl2NO5/c1-11(2)14-9-13(5-6-17(14)27-4)28-19-15(21)7-12(8-16(19)22)20(26)23(3)10-18(24)25/h5-9,11H,10H2,1-4H3,(H,24,25). The molecule has 2 aromatic rings. The van der Waals surface area contributed by atoms with E-state index in [1.807, 2.05) is 19.9 Å². The Morgan fingerprint density at radius 1 is 1.14 bits per heavy atom. The quantitative estimate of drug-likeness (QED) is 0.669. The molecule has 0 fully saturated rings. The van der Waals surface area contributed by atoms with Gasteiger partial charge in [-0.3, -0.25) is 9.59 Å². The molecule has 0 atom stereocenters. The number of ether oxygens (including phenoxy) is 2. The zero-order valence-electron chi connectivity index (χ0n) is 16.0. The molecule has 8 heteroatoms. The number of carboxylic acid groups (broad SMARTS) is 1. The third kappa shape index (κ3) is 5.09. The Labute approximate surface area is 173 Å². The minimum Gasteiger partial charge on any atom is -0.496 e. The fourth-order valence-electron chi connectivity index (χ4n) is 2.62. The van der Waals surface area contributed by atoms with Crippen molar-refractivity contribution in [3.63, 3.8) is 0 Å². The van der Waals surface area contributed by atoms with Gasteiger partial charge in [-0.05, 0) is 36.2 Å². The maximum Gasteiger partial charge on any atom is 0.323 e. The number of carbonyl (C=O) groups excluding carboxylic acids is 1. The van der Waals surface area contributed by atoms with Gasteiger partial charge >= 0.3 is 5.97 Å². The Bertz CT molecular complexity index is 875. The molecule has 0 bridgehead atoms. The van der Waals surface area contributed by atoms with Gasteiger partial charge in [-0.25, -0.2) is 0 Å². The lowest BCUT2D eigenvalue weighted by Gasteiger charge is -2.17. The van der Waals surface area contributed by atoms with Gasteiger partial charge in [-0.2, -0.15) is 0 Å². The zero-order valence-corrected chi connectivity index (χ0v) is 17.5. The largest absolute Gasteiger partial charge is 0.496 e. The minimum absolute atomic E-state index is 0.140. The smallest absolute Gasteiger partial charge is 0.323 e. The van der Waals surface area contributed by atoms with E-state index in [1.165, 1.54) is 19.2 Å². The van der Waals surface area contributed by atoms with E-state index in [-0.39, 0.29) is 27.3 Å². The number of carbonyl (C=O) groups is 2. The van der Waals surface area contributed by atoms with Gasteiger partial charge in [0.25, 0.3) is 5.91 Å². The Balaban J connectivity index is 2.32. The molecule has 0 unspecified atom stereocenters. The average molecular weight is 426 g/mol. The maximum atomic E-state index is 12.3. The Hall–Kier alpha value is -2.44. The first-order chi connectivity index (χ1) is 13.1. The lowest BCUT2D eigenvalue weighted by Crippen LogP contribution is -2.31. The van der Waals surface area contributed by atoms with Crippen molar-refractivity contribution in [1.82, 2.24) is 4.90 Å². The second-order valence-corrected chi connectivity index (χ2v) is 7.30. The second kappa shape index (κ2) is 9.17. The molecule has 2 rings (SSSR count). The molecule has 1 N–H and O–H groups in total. The molecule has 0 aromatic heterocycles. The number of halogens is 2. The van der Waals surface area contributed by atoms with Gasteiger partial charge in [0.05, 0.1) is 17.2 Å². The van der Waals surface area contributed by atoms with Crippen LogP contribution in [0.3, 0.4) is 0 Å². The van der Waals surface area contributed by atoms with Crippen LogP contribution in [0.2, 0.25) is 10.0 Å². The summed E-state index contributed by atoms with van der Waals surface area (Å²) >= 11 is 12.6. The molecule has 0 spiro atoms. The lowest BCUT2D eigenvalue weighted by atomic mass is 10.0. The van der Waals surface area contributed by atoms with Gasteiger partial charge in [-0.1, -0.05) is 37.0 Å². The summed E-state index contributed by atoms with van der Waals surface area (Å²) in [5.41, 5.74) is 1.14. The van der Waals surface area contributed by atoms with E-state index in [4.69, 9.17) is 37.8 Å². The van der Waals surface area contributed by atoms with Gasteiger partial charge in [0, 0.05) is 18.2 Å². The van der Waals surface area contributed by atoms with Gasteiger partial charge in [0.15, 0.2) is 5.75 Å². The number of nitrogens with zero attached hydrogens (tertiary/aromatic N) is 1. The number of rotatable bonds is 7. The average Bonchev–Trinajstić information content (AvgIpc) is 2.63. The minimum atomic E-state index is -1.12. The molecular formula is C20H21Cl2NO5. The topological polar surface area (TPSA) is 76.1 Å². The highest BCUT2D eigenvalue weighted by Crippen LogP contribution is 2.39. The van der Waals surface area contributed by atoms with Gasteiger partial charge in [0.1, 0.15) is 18.0 Å². The predicted octanol–water partition coefficient (Wildman–Crippen LogP) is 5.07. The van der Waals surface area contributed by atoms with Crippen LogP contribution in [0.15, 0.2) is 30.3 Å². The Morgan fingerprint density at radius 3 is 2.25 bits per heavy atom. The third-order valence-corrected chi connectivity index (χ3v) is 4.57. The van der Waals surface area contributed by atoms with E-state index in [9.17, 15) is 9.59 Å². The normalized spacial score (nSPS) is 10.7. The summed E-state index contributed by atoms with van der Waals surface area (Å²) in [5.74, 6) is 0.0740. The van der Waals surface area contributed by atoms with Crippen LogP contribution in [-0.4, -0.2) is 42.6 Å². The van der Waals surface area contributed by atoms with Crippen LogP contribution in [0.25, 0.3) is 0 Å². The van der Waals surface area contributed by atoms with Crippen LogP contribution >= 0.6 is 23.2 Å². The first-order valence-corrected chi connectivity index (χ1v) is 9.21. The Kier molecular flexibility index (Phi) is 7.16. The van der Waals surface area contributed by atoms with Crippen molar-refractivity contribution in [2.24, 2.45) is 0 Å². The number of aliphatic carboxylic acids is 1. The number of hydrogen-bond acceptors (Lipinski definition) is 4. The molecule has 0 aliphatic carbocycles. The summed E-state index contributed by atoms with van der Waals surface area (Å²) < 4.78 is 11.2. The van der Waals surface area contributed by atoms with Crippen molar-refractivity contribution < 1.29 is 24.2 Å². The first kappa shape index (κ1) is 21.9. The first-order valence-electron chi connectivity index (χ1n) is 8.46. The molecule has 0 heterocycles. The SMILES string of the molecule is COc1ccc(Oc2c(Cl)cc(C(=O)N(C)CC(=O)O)cc2Cl)cc1C(C)C. The number of likely N-dealkylation sites (N-methyl/N-ethyl adjacent to an activating group) is 1. The summed E-state index contributed by atoms with van der Waals surface area (Å²) in [6, 6.07) is 8.17. The molecule has 1 amide bonds. The number of benzene rings is 2. The summed E-state index contributed by atoms with van der Waals surface area (Å²) in [5, 5.41) is 9.10. The van der Waals surface area contributed by atoms with E-state index < -0.39 is 18.4 Å². The fraction of sp³-hybridized carbons (Fsp3) is 0.300. The summed E-state index contributed by atoms with van der Waals surface area (Å²) in [6.07, 6.45) is 0. The molecule has 150 valence electrons. The van der Waals surface area contributed by atoms with Crippen LogP contribution in [0.4, 0.5) is 0 Å². The molecule has 0 aliphatic rings. The zero-order chi connectivity index (χ0) is 21.0. The van der Waals surface area contributed by atoms with Crippen LogP contribution in [-0.2, 0) is 4.79 Å². The van der Waals surface area contributed by atoms with E-state index in [1.54, 1.807) is 19.2 Å². The van der Waals surface area contributed by atoms with Gasteiger partial charge in [-0.15, -0.1) is 0 Å². The number of hydrogen-bond donors (Lipinski definition) is 1. The van der Waals surface area contributed by atoms with Crippen LogP contribution in [0, 0.1) is 0 Å². The maximum absolute atomic E-state index is 12.3. The predicted molar refractivity (Wildman–Crippen MR) is 108 cm³/mol. The highest BCUT2D eigenvalue weighted by Gasteiger charge is 2.19. The second-order valence-electron chi connectivity index (χ2n) is 6.48. The Morgan fingerprint density at radius 2 is 1.75 bits per heavy atom. The lowest BCUT2D eigenvalue weighted by molar-refractivity contribution is -0.137. The van der Waals surface area contributed by atoms with Crippen molar-refractivity contribution in [2.45, 2.75) is 19.8 Å². The number of amides is 1. The van der Waals surface area contributed by atoms with Crippen molar-refractivity contribution >= 4 is 35.1 Å². The van der Waals surface area contributed by atoms with E-state index in [2.05, 4.69) is 0 Å². The highest BCUT2D eigenvalue weighted by atomic mass is 35.5. The van der Waals surface area contributed by atoms with Crippen LogP contribution < -0.4 is 9.47 Å². The highest BCUT2D eigenvalue weighted by molar-refractivity contribution is 6.37.